The van der Waals surface area contributed by atoms with E-state index in [1.54, 1.807) is 48.8 Å². The molecule has 2 amide bonds. The highest BCUT2D eigenvalue weighted by Gasteiger charge is 2.66. The van der Waals surface area contributed by atoms with E-state index in [1.165, 1.54) is 12.0 Å². The van der Waals surface area contributed by atoms with Gasteiger partial charge in [-0.2, -0.15) is 0 Å². The van der Waals surface area contributed by atoms with Gasteiger partial charge in [-0.15, -0.1) is 0 Å². The monoisotopic (exact) mass is 689 g/mol. The molecule has 1 saturated heterocycles. The van der Waals surface area contributed by atoms with Crippen LogP contribution < -0.4 is 4.74 Å². The summed E-state index contributed by atoms with van der Waals surface area (Å²) in [6, 6.07) is 36.8. The minimum absolute atomic E-state index is 0.0941. The van der Waals surface area contributed by atoms with Gasteiger partial charge in [0.25, 0.3) is 0 Å². The Morgan fingerprint density at radius 3 is 2.15 bits per heavy atom. The SMILES string of the molecule is COc1cccc(C(=O)OCCN2C(=O)[C@@H]3[C@@H]4C(C(O)(c5ccccc5)c5ccccn5)=C[C@@H](C4=C(c4ccccc4)c4ccccn4)[C@@H]3C2=O)c1. The van der Waals surface area contributed by atoms with Crippen molar-refractivity contribution in [2.45, 2.75) is 5.60 Å². The summed E-state index contributed by atoms with van der Waals surface area (Å²) < 4.78 is 10.7. The number of ether oxygens (including phenoxy) is 2. The van der Waals surface area contributed by atoms with Crippen LogP contribution in [-0.2, 0) is 19.9 Å². The summed E-state index contributed by atoms with van der Waals surface area (Å²) in [5.74, 6) is -3.48. The third-order valence-electron chi connectivity index (χ3n) is 10.4. The Kier molecular flexibility index (Phi) is 8.56. The van der Waals surface area contributed by atoms with Gasteiger partial charge in [0.2, 0.25) is 11.8 Å². The normalized spacial score (nSPS) is 22.4. The second-order valence-corrected chi connectivity index (χ2v) is 13.1. The van der Waals surface area contributed by atoms with Crippen molar-refractivity contribution in [1.82, 2.24) is 14.9 Å². The fraction of sp³-hybridized carbons (Fsp3) is 0.186. The Balaban J connectivity index is 1.22. The fourth-order valence-corrected chi connectivity index (χ4v) is 8.20. The first-order chi connectivity index (χ1) is 25.4. The lowest BCUT2D eigenvalue weighted by Gasteiger charge is -2.36. The summed E-state index contributed by atoms with van der Waals surface area (Å²) in [5, 5.41) is 13.1. The number of allylic oxidation sites excluding steroid dienone is 2. The van der Waals surface area contributed by atoms with Crippen molar-refractivity contribution in [3.8, 4) is 5.75 Å². The molecule has 3 aromatic carbocycles. The number of hydrogen-bond donors (Lipinski definition) is 1. The molecule has 0 radical (unpaired) electrons. The van der Waals surface area contributed by atoms with Crippen molar-refractivity contribution in [3.05, 3.63) is 179 Å². The molecule has 52 heavy (non-hydrogen) atoms. The maximum Gasteiger partial charge on any atom is 0.338 e. The number of hydrogen-bond acceptors (Lipinski definition) is 8. The Hall–Kier alpha value is -6.19. The maximum absolute atomic E-state index is 14.6. The first-order valence-electron chi connectivity index (χ1n) is 17.2. The molecule has 1 N–H and O–H groups in total. The first-order valence-corrected chi connectivity index (χ1v) is 17.2. The van der Waals surface area contributed by atoms with E-state index < -0.39 is 35.2 Å². The van der Waals surface area contributed by atoms with Crippen molar-refractivity contribution in [3.63, 3.8) is 0 Å². The lowest BCUT2D eigenvalue weighted by molar-refractivity contribution is -0.141. The Morgan fingerprint density at radius 1 is 0.788 bits per heavy atom. The number of esters is 1. The average Bonchev–Trinajstić information content (AvgIpc) is 3.82. The predicted octanol–water partition coefficient (Wildman–Crippen LogP) is 5.87. The van der Waals surface area contributed by atoms with Gasteiger partial charge < -0.3 is 14.6 Å². The predicted molar refractivity (Wildman–Crippen MR) is 192 cm³/mol. The molecule has 9 heteroatoms. The molecular formula is C43H35N3O6. The molecule has 5 aromatic rings. The van der Waals surface area contributed by atoms with Gasteiger partial charge in [0.1, 0.15) is 12.4 Å². The summed E-state index contributed by atoms with van der Waals surface area (Å²) >= 11 is 0. The third kappa shape index (κ3) is 5.41. The Labute approximate surface area is 300 Å². The molecule has 5 atom stereocenters. The fourth-order valence-electron chi connectivity index (χ4n) is 8.20. The van der Waals surface area contributed by atoms with Crippen molar-refractivity contribution in [2.75, 3.05) is 20.3 Å². The number of aliphatic hydroxyl groups is 1. The van der Waals surface area contributed by atoms with Crippen LogP contribution in [0.15, 0.2) is 151 Å². The van der Waals surface area contributed by atoms with E-state index in [4.69, 9.17) is 14.5 Å². The van der Waals surface area contributed by atoms with Gasteiger partial charge in [0, 0.05) is 29.8 Å². The number of carbonyl (C=O) groups is 3. The highest BCUT2D eigenvalue weighted by atomic mass is 16.5. The van der Waals surface area contributed by atoms with Gasteiger partial charge in [-0.25, -0.2) is 4.79 Å². The van der Waals surface area contributed by atoms with E-state index in [0.29, 0.717) is 33.8 Å². The number of pyridine rings is 2. The molecule has 2 aliphatic carbocycles. The largest absolute Gasteiger partial charge is 0.497 e. The number of rotatable bonds is 10. The number of carbonyl (C=O) groups excluding carboxylic acids is 3. The number of benzene rings is 3. The summed E-state index contributed by atoms with van der Waals surface area (Å²) in [6.07, 6.45) is 5.34. The third-order valence-corrected chi connectivity index (χ3v) is 10.4. The van der Waals surface area contributed by atoms with E-state index in [9.17, 15) is 19.5 Å². The Bertz CT molecular complexity index is 2120. The van der Waals surface area contributed by atoms with Crippen molar-refractivity contribution in [1.29, 1.82) is 0 Å². The Morgan fingerprint density at radius 2 is 1.46 bits per heavy atom. The van der Waals surface area contributed by atoms with Gasteiger partial charge in [-0.05, 0) is 64.7 Å². The van der Waals surface area contributed by atoms with Crippen LogP contribution in [0.2, 0.25) is 0 Å². The molecule has 2 bridgehead atoms. The first kappa shape index (κ1) is 33.0. The smallest absolute Gasteiger partial charge is 0.338 e. The van der Waals surface area contributed by atoms with Gasteiger partial charge in [0.05, 0.1) is 42.4 Å². The zero-order valence-corrected chi connectivity index (χ0v) is 28.3. The van der Waals surface area contributed by atoms with Crippen LogP contribution in [0.4, 0.5) is 0 Å². The van der Waals surface area contributed by atoms with E-state index in [0.717, 1.165) is 16.7 Å². The summed E-state index contributed by atoms with van der Waals surface area (Å²) in [4.78, 5) is 52.4. The van der Waals surface area contributed by atoms with Crippen LogP contribution in [0.3, 0.4) is 0 Å². The number of nitrogens with zero attached hydrogens (tertiary/aromatic N) is 3. The zero-order valence-electron chi connectivity index (χ0n) is 28.3. The quantitative estimate of drug-likeness (QED) is 0.110. The number of methoxy groups -OCH3 is 1. The number of imide groups is 1. The zero-order chi connectivity index (χ0) is 35.8. The highest BCUT2D eigenvalue weighted by Crippen LogP contribution is 2.64. The van der Waals surface area contributed by atoms with Gasteiger partial charge >= 0.3 is 5.97 Å². The molecule has 8 rings (SSSR count). The minimum Gasteiger partial charge on any atom is -0.497 e. The molecule has 258 valence electrons. The molecule has 9 nitrogen and oxygen atoms in total. The lowest BCUT2D eigenvalue weighted by atomic mass is 9.71. The van der Waals surface area contributed by atoms with Crippen LogP contribution in [0.25, 0.3) is 5.57 Å². The summed E-state index contributed by atoms with van der Waals surface area (Å²) in [5.41, 5.74) is 3.48. The maximum atomic E-state index is 14.6. The molecular weight excluding hydrogens is 654 g/mol. The number of amides is 2. The average molecular weight is 690 g/mol. The van der Waals surface area contributed by atoms with Crippen LogP contribution in [0.1, 0.15) is 32.9 Å². The number of aromatic nitrogens is 2. The van der Waals surface area contributed by atoms with Gasteiger partial charge in [0.15, 0.2) is 5.60 Å². The number of likely N-dealkylation sites (tertiary alicyclic amines) is 1. The van der Waals surface area contributed by atoms with Gasteiger partial charge in [-0.3, -0.25) is 24.5 Å². The van der Waals surface area contributed by atoms with Crippen molar-refractivity contribution < 1.29 is 29.0 Å². The number of fused-ring (bicyclic) bond motifs is 5. The van der Waals surface area contributed by atoms with E-state index in [-0.39, 0.29) is 25.0 Å². The molecule has 3 aliphatic rings. The highest BCUT2D eigenvalue weighted by molar-refractivity contribution is 6.08. The molecule has 2 aromatic heterocycles. The van der Waals surface area contributed by atoms with Crippen LogP contribution in [0, 0.1) is 23.7 Å². The van der Waals surface area contributed by atoms with Crippen LogP contribution in [0.5, 0.6) is 5.75 Å². The van der Waals surface area contributed by atoms with Crippen molar-refractivity contribution in [2.24, 2.45) is 23.7 Å². The molecule has 3 heterocycles. The van der Waals surface area contributed by atoms with E-state index >= 15 is 0 Å². The second-order valence-electron chi connectivity index (χ2n) is 13.1. The topological polar surface area (TPSA) is 119 Å². The van der Waals surface area contributed by atoms with Crippen LogP contribution >= 0.6 is 0 Å². The molecule has 2 fully saturated rings. The van der Waals surface area contributed by atoms with E-state index in [1.807, 2.05) is 91.0 Å². The van der Waals surface area contributed by atoms with Crippen LogP contribution in [-0.4, -0.2) is 58.0 Å². The molecule has 0 spiro atoms. The van der Waals surface area contributed by atoms with Gasteiger partial charge in [-0.1, -0.05) is 84.9 Å². The van der Waals surface area contributed by atoms with Crippen molar-refractivity contribution >= 4 is 23.4 Å². The standard InChI is InChI=1S/C43H35N3O6/c1-51-30-18-12-15-28(25-30)42(49)52-24-23-46-40(47)37-31-26-32(43(50,29-16-6-3-7-17-29)34-20-9-11-22-45-34)38(39(37)41(46)48)36(31)35(27-13-4-2-5-14-27)33-19-8-10-21-44-33/h2-22,25-26,31,37-39,50H,23-24H2,1H3/t31-,37-,38+,39-,43?/m0/s1. The summed E-state index contributed by atoms with van der Waals surface area (Å²) in [6.45, 7) is -0.264. The molecule has 1 unspecified atom stereocenters. The van der Waals surface area contributed by atoms with E-state index in [2.05, 4.69) is 4.98 Å². The molecule has 1 aliphatic heterocycles. The second kappa shape index (κ2) is 13.5. The minimum atomic E-state index is -1.72. The molecule has 1 saturated carbocycles. The summed E-state index contributed by atoms with van der Waals surface area (Å²) in [7, 11) is 1.51. The lowest BCUT2D eigenvalue weighted by Crippen LogP contribution is -2.39.